The van der Waals surface area contributed by atoms with Gasteiger partial charge in [-0.2, -0.15) is 0 Å². The summed E-state index contributed by atoms with van der Waals surface area (Å²) in [5, 5.41) is 12.6. The maximum Gasteiger partial charge on any atom is 0.125 e. The van der Waals surface area contributed by atoms with Crippen LogP contribution in [-0.4, -0.2) is 21.7 Å². The molecule has 0 bridgehead atoms. The summed E-state index contributed by atoms with van der Waals surface area (Å²) in [5.74, 6) is -0.334. The molecule has 0 amide bonds. The molecule has 2 N–H and O–H groups in total. The van der Waals surface area contributed by atoms with Crippen molar-refractivity contribution in [3.63, 3.8) is 0 Å². The average Bonchev–Trinajstić information content (AvgIpc) is 2.39. The van der Waals surface area contributed by atoms with Gasteiger partial charge in [0, 0.05) is 18.1 Å². The van der Waals surface area contributed by atoms with E-state index >= 15 is 0 Å². The molecule has 4 nitrogen and oxygen atoms in total. The van der Waals surface area contributed by atoms with Gasteiger partial charge in [-0.3, -0.25) is 9.97 Å². The Morgan fingerprint density at radius 1 is 1.39 bits per heavy atom. The summed E-state index contributed by atoms with van der Waals surface area (Å²) in [6.45, 7) is 1.60. The predicted octanol–water partition coefficient (Wildman–Crippen LogP) is 1.94. The number of aromatic nitrogens is 2. The molecule has 0 aliphatic rings. The number of hydrogen-bond acceptors (Lipinski definition) is 4. The van der Waals surface area contributed by atoms with E-state index < -0.39 is 5.54 Å². The summed E-state index contributed by atoms with van der Waals surface area (Å²) in [6, 6.07) is 6.06. The van der Waals surface area contributed by atoms with Crippen LogP contribution >= 0.6 is 0 Å². The number of hydrogen-bond donors (Lipinski definition) is 2. The van der Waals surface area contributed by atoms with E-state index in [9.17, 15) is 9.50 Å². The largest absolute Gasteiger partial charge is 0.394 e. The van der Waals surface area contributed by atoms with Crippen molar-refractivity contribution >= 4 is 5.69 Å². The van der Waals surface area contributed by atoms with Crippen molar-refractivity contribution < 1.29 is 9.50 Å². The van der Waals surface area contributed by atoms with Crippen LogP contribution in [0.2, 0.25) is 0 Å². The molecule has 0 spiro atoms. The smallest absolute Gasteiger partial charge is 0.125 e. The summed E-state index contributed by atoms with van der Waals surface area (Å²) in [6.07, 6.45) is 4.68. The molecule has 1 aromatic heterocycles. The molecule has 0 fully saturated rings. The van der Waals surface area contributed by atoms with Gasteiger partial charge in [-0.05, 0) is 25.1 Å². The van der Waals surface area contributed by atoms with Crippen LogP contribution in [0.25, 0.3) is 0 Å². The zero-order chi connectivity index (χ0) is 13.0. The fourth-order valence-electron chi connectivity index (χ4n) is 1.65. The first-order valence-electron chi connectivity index (χ1n) is 5.55. The molecular formula is C13H14FN3O. The summed E-state index contributed by atoms with van der Waals surface area (Å²) in [5.41, 5.74) is 0.371. The van der Waals surface area contributed by atoms with Crippen molar-refractivity contribution in [1.29, 1.82) is 0 Å². The van der Waals surface area contributed by atoms with Gasteiger partial charge in [0.05, 0.1) is 18.5 Å². The summed E-state index contributed by atoms with van der Waals surface area (Å²) < 4.78 is 13.1. The lowest BCUT2D eigenvalue weighted by molar-refractivity contribution is 0.220. The monoisotopic (exact) mass is 247 g/mol. The molecule has 0 aliphatic heterocycles. The summed E-state index contributed by atoms with van der Waals surface area (Å²) in [7, 11) is 0. The zero-order valence-corrected chi connectivity index (χ0v) is 9.97. The van der Waals surface area contributed by atoms with Gasteiger partial charge < -0.3 is 10.4 Å². The maximum atomic E-state index is 13.1. The number of nitrogens with one attached hydrogen (secondary N) is 1. The Kier molecular flexibility index (Phi) is 3.53. The molecular weight excluding hydrogens is 233 g/mol. The highest BCUT2D eigenvalue weighted by molar-refractivity contribution is 5.46. The number of anilines is 1. The molecule has 1 unspecified atom stereocenters. The molecule has 94 valence electrons. The number of nitrogens with zero attached hydrogens (tertiary/aromatic N) is 2. The van der Waals surface area contributed by atoms with Crippen LogP contribution in [0.4, 0.5) is 10.1 Å². The normalized spacial score (nSPS) is 13.9. The number of benzene rings is 1. The molecule has 5 heteroatoms. The van der Waals surface area contributed by atoms with E-state index in [2.05, 4.69) is 15.3 Å². The molecule has 0 saturated carbocycles. The minimum Gasteiger partial charge on any atom is -0.394 e. The molecule has 1 atom stereocenters. The first-order valence-corrected chi connectivity index (χ1v) is 5.55. The second-order valence-electron chi connectivity index (χ2n) is 4.22. The molecule has 1 aromatic carbocycles. The van der Waals surface area contributed by atoms with Crippen LogP contribution in [0.5, 0.6) is 0 Å². The van der Waals surface area contributed by atoms with Crippen LogP contribution in [-0.2, 0) is 5.54 Å². The fourth-order valence-corrected chi connectivity index (χ4v) is 1.65. The minimum absolute atomic E-state index is 0.178. The van der Waals surface area contributed by atoms with Crippen molar-refractivity contribution in [3.8, 4) is 0 Å². The third-order valence-electron chi connectivity index (χ3n) is 2.69. The van der Waals surface area contributed by atoms with E-state index in [-0.39, 0.29) is 12.4 Å². The van der Waals surface area contributed by atoms with E-state index in [1.807, 2.05) is 0 Å². The third-order valence-corrected chi connectivity index (χ3v) is 2.69. The average molecular weight is 247 g/mol. The first kappa shape index (κ1) is 12.4. The van der Waals surface area contributed by atoms with Gasteiger partial charge in [0.1, 0.15) is 11.4 Å². The molecule has 0 aliphatic carbocycles. The number of aliphatic hydroxyl groups excluding tert-OH is 1. The third kappa shape index (κ3) is 2.62. The van der Waals surface area contributed by atoms with Crippen LogP contribution in [0.1, 0.15) is 12.6 Å². The second kappa shape index (κ2) is 5.10. The summed E-state index contributed by atoms with van der Waals surface area (Å²) >= 11 is 0. The maximum absolute atomic E-state index is 13.1. The highest BCUT2D eigenvalue weighted by Crippen LogP contribution is 2.23. The zero-order valence-electron chi connectivity index (χ0n) is 9.97. The number of halogens is 1. The van der Waals surface area contributed by atoms with Crippen LogP contribution < -0.4 is 5.32 Å². The topological polar surface area (TPSA) is 58.0 Å². The molecule has 0 saturated heterocycles. The van der Waals surface area contributed by atoms with E-state index in [0.29, 0.717) is 11.4 Å². The van der Waals surface area contributed by atoms with Crippen LogP contribution in [0, 0.1) is 5.82 Å². The lowest BCUT2D eigenvalue weighted by atomic mass is 9.99. The summed E-state index contributed by atoms with van der Waals surface area (Å²) in [4.78, 5) is 8.13. The van der Waals surface area contributed by atoms with Gasteiger partial charge in [0.2, 0.25) is 0 Å². The molecule has 2 aromatic rings. The number of aliphatic hydroxyl groups is 1. The quantitative estimate of drug-likeness (QED) is 0.866. The fraction of sp³-hybridized carbons (Fsp3) is 0.231. The molecule has 2 rings (SSSR count). The Morgan fingerprint density at radius 2 is 2.22 bits per heavy atom. The van der Waals surface area contributed by atoms with E-state index in [1.54, 1.807) is 37.6 Å². The Labute approximate surface area is 105 Å². The number of rotatable bonds is 4. The van der Waals surface area contributed by atoms with Crippen molar-refractivity contribution in [1.82, 2.24) is 9.97 Å². The van der Waals surface area contributed by atoms with Gasteiger partial charge in [-0.1, -0.05) is 6.07 Å². The van der Waals surface area contributed by atoms with Crippen molar-refractivity contribution in [2.24, 2.45) is 0 Å². The lowest BCUT2D eigenvalue weighted by Gasteiger charge is -2.29. The highest BCUT2D eigenvalue weighted by atomic mass is 19.1. The van der Waals surface area contributed by atoms with Crippen LogP contribution in [0.3, 0.4) is 0 Å². The second-order valence-corrected chi connectivity index (χ2v) is 4.22. The minimum atomic E-state index is -0.804. The molecule has 1 heterocycles. The Morgan fingerprint density at radius 3 is 2.83 bits per heavy atom. The Hall–Kier alpha value is -2.01. The molecule has 0 radical (unpaired) electrons. The van der Waals surface area contributed by atoms with Gasteiger partial charge >= 0.3 is 0 Å². The highest BCUT2D eigenvalue weighted by Gasteiger charge is 2.27. The Bertz CT molecular complexity index is 521. The Balaban J connectivity index is 2.29. The standard InChI is InChI=1S/C13H14FN3O/c1-13(9-18,12-8-15-5-6-16-12)17-11-4-2-3-10(14)7-11/h2-8,17-18H,9H2,1H3. The van der Waals surface area contributed by atoms with Gasteiger partial charge in [-0.15, -0.1) is 0 Å². The predicted molar refractivity (Wildman–Crippen MR) is 66.5 cm³/mol. The van der Waals surface area contributed by atoms with E-state index in [4.69, 9.17) is 0 Å². The van der Waals surface area contributed by atoms with Gasteiger partial charge in [0.25, 0.3) is 0 Å². The van der Waals surface area contributed by atoms with Crippen LogP contribution in [0.15, 0.2) is 42.9 Å². The van der Waals surface area contributed by atoms with E-state index in [0.717, 1.165) is 0 Å². The SMILES string of the molecule is CC(CO)(Nc1cccc(F)c1)c1cnccn1. The molecule has 18 heavy (non-hydrogen) atoms. The van der Waals surface area contributed by atoms with Crippen molar-refractivity contribution in [2.75, 3.05) is 11.9 Å². The van der Waals surface area contributed by atoms with Gasteiger partial charge in [0.15, 0.2) is 0 Å². The van der Waals surface area contributed by atoms with Crippen molar-refractivity contribution in [3.05, 3.63) is 54.4 Å². The first-order chi connectivity index (χ1) is 8.64. The van der Waals surface area contributed by atoms with E-state index in [1.165, 1.54) is 12.1 Å². The van der Waals surface area contributed by atoms with Crippen molar-refractivity contribution in [2.45, 2.75) is 12.5 Å². The lowest BCUT2D eigenvalue weighted by Crippen LogP contribution is -2.36. The van der Waals surface area contributed by atoms with Gasteiger partial charge in [-0.25, -0.2) is 4.39 Å².